The maximum Gasteiger partial charge on any atom is 0.244 e. The van der Waals surface area contributed by atoms with Gasteiger partial charge in [-0.25, -0.2) is 0 Å². The molecule has 2 N–H and O–H groups in total. The molecule has 104 valence electrons. The number of unbranched alkanes of at least 4 members (excludes halogenated alkanes) is 1. The van der Waals surface area contributed by atoms with Crippen molar-refractivity contribution < 1.29 is 4.79 Å². The predicted octanol–water partition coefficient (Wildman–Crippen LogP) is 1.99. The maximum atomic E-state index is 12.5. The Bertz CT molecular complexity index is 447. The van der Waals surface area contributed by atoms with Crippen molar-refractivity contribution >= 4 is 17.3 Å². The van der Waals surface area contributed by atoms with Crippen LogP contribution in [-0.2, 0) is 4.79 Å². The summed E-state index contributed by atoms with van der Waals surface area (Å²) in [7, 11) is 2.05. The van der Waals surface area contributed by atoms with Gasteiger partial charge < -0.3 is 15.5 Å². The number of rotatable bonds is 4. The number of carbonyl (C=O) groups is 1. The molecule has 0 aromatic heterocycles. The van der Waals surface area contributed by atoms with E-state index in [-0.39, 0.29) is 11.9 Å². The molecule has 0 fully saturated rings. The summed E-state index contributed by atoms with van der Waals surface area (Å²) < 4.78 is 0. The number of para-hydroxylation sites is 2. The van der Waals surface area contributed by atoms with Gasteiger partial charge in [-0.2, -0.15) is 0 Å². The average molecular weight is 261 g/mol. The Morgan fingerprint density at radius 3 is 2.68 bits per heavy atom. The third-order valence-corrected chi connectivity index (χ3v) is 3.69. The second-order valence-corrected chi connectivity index (χ2v) is 5.15. The van der Waals surface area contributed by atoms with Gasteiger partial charge in [0.15, 0.2) is 0 Å². The summed E-state index contributed by atoms with van der Waals surface area (Å²) in [5.41, 5.74) is 8.10. The van der Waals surface area contributed by atoms with E-state index in [4.69, 9.17) is 5.73 Å². The normalized spacial score (nSPS) is 16.2. The summed E-state index contributed by atoms with van der Waals surface area (Å²) in [6.07, 6.45) is 2.84. The molecule has 2 rings (SSSR count). The zero-order valence-electron chi connectivity index (χ0n) is 11.8. The fourth-order valence-electron chi connectivity index (χ4n) is 2.48. The van der Waals surface area contributed by atoms with Crippen LogP contribution in [0.15, 0.2) is 24.3 Å². The van der Waals surface area contributed by atoms with Crippen molar-refractivity contribution in [2.45, 2.75) is 32.2 Å². The Kier molecular flexibility index (Phi) is 4.43. The molecule has 0 aliphatic carbocycles. The van der Waals surface area contributed by atoms with Crippen LogP contribution in [0.25, 0.3) is 0 Å². The van der Waals surface area contributed by atoms with Crippen molar-refractivity contribution in [1.82, 2.24) is 0 Å². The minimum atomic E-state index is -0.378. The van der Waals surface area contributed by atoms with E-state index < -0.39 is 0 Å². The fourth-order valence-corrected chi connectivity index (χ4v) is 2.48. The predicted molar refractivity (Wildman–Crippen MR) is 79.6 cm³/mol. The molecule has 1 aliphatic rings. The zero-order valence-corrected chi connectivity index (χ0v) is 11.8. The summed E-state index contributed by atoms with van der Waals surface area (Å²) in [6.45, 7) is 3.68. The van der Waals surface area contributed by atoms with Gasteiger partial charge in [0.1, 0.15) is 0 Å². The lowest BCUT2D eigenvalue weighted by Crippen LogP contribution is -2.49. The summed E-state index contributed by atoms with van der Waals surface area (Å²) in [5, 5.41) is 0. The molecule has 0 bridgehead atoms. The smallest absolute Gasteiger partial charge is 0.244 e. The second-order valence-electron chi connectivity index (χ2n) is 5.15. The molecule has 4 nitrogen and oxygen atoms in total. The van der Waals surface area contributed by atoms with E-state index in [1.165, 1.54) is 0 Å². The van der Waals surface area contributed by atoms with Gasteiger partial charge in [0.25, 0.3) is 0 Å². The number of carbonyl (C=O) groups excluding carboxylic acids is 1. The van der Waals surface area contributed by atoms with Crippen LogP contribution < -0.4 is 15.5 Å². The van der Waals surface area contributed by atoms with Crippen LogP contribution >= 0.6 is 0 Å². The molecule has 0 saturated carbocycles. The van der Waals surface area contributed by atoms with E-state index in [1.54, 1.807) is 0 Å². The van der Waals surface area contributed by atoms with Gasteiger partial charge in [-0.05, 0) is 18.6 Å². The first-order valence-electron chi connectivity index (χ1n) is 7.02. The number of benzene rings is 1. The van der Waals surface area contributed by atoms with Crippen LogP contribution in [0, 0.1) is 0 Å². The van der Waals surface area contributed by atoms with Crippen LogP contribution in [0.3, 0.4) is 0 Å². The molecule has 4 heteroatoms. The third-order valence-electron chi connectivity index (χ3n) is 3.69. The highest BCUT2D eigenvalue weighted by Crippen LogP contribution is 2.32. The van der Waals surface area contributed by atoms with E-state index in [2.05, 4.69) is 18.9 Å². The molecule has 1 aliphatic heterocycles. The van der Waals surface area contributed by atoms with Gasteiger partial charge in [0, 0.05) is 20.1 Å². The molecule has 1 atom stereocenters. The van der Waals surface area contributed by atoms with Gasteiger partial charge >= 0.3 is 0 Å². The number of nitrogens with zero attached hydrogens (tertiary/aromatic N) is 2. The van der Waals surface area contributed by atoms with Gasteiger partial charge in [-0.1, -0.05) is 31.9 Å². The monoisotopic (exact) mass is 261 g/mol. The Labute approximate surface area is 115 Å². The van der Waals surface area contributed by atoms with Gasteiger partial charge in [0.05, 0.1) is 17.4 Å². The second kappa shape index (κ2) is 6.06. The van der Waals surface area contributed by atoms with Crippen molar-refractivity contribution in [3.05, 3.63) is 24.3 Å². The molecule has 1 aromatic carbocycles. The highest BCUT2D eigenvalue weighted by molar-refractivity contribution is 6.00. The van der Waals surface area contributed by atoms with E-state index in [9.17, 15) is 4.79 Å². The minimum Gasteiger partial charge on any atom is -0.371 e. The van der Waals surface area contributed by atoms with Crippen molar-refractivity contribution in [2.24, 2.45) is 5.73 Å². The summed E-state index contributed by atoms with van der Waals surface area (Å²) in [4.78, 5) is 16.5. The lowest BCUT2D eigenvalue weighted by Gasteiger charge is -2.36. The SMILES string of the molecule is CCCCC(N)C(=O)N1CCN(C)c2ccccc21. The Morgan fingerprint density at radius 1 is 1.32 bits per heavy atom. The van der Waals surface area contributed by atoms with Crippen molar-refractivity contribution in [3.8, 4) is 0 Å². The largest absolute Gasteiger partial charge is 0.371 e. The standard InChI is InChI=1S/C15H23N3O/c1-3-4-7-12(16)15(19)18-11-10-17(2)13-8-5-6-9-14(13)18/h5-6,8-9,12H,3-4,7,10-11,16H2,1-2H3. The van der Waals surface area contributed by atoms with Crippen LogP contribution in [0.2, 0.25) is 0 Å². The quantitative estimate of drug-likeness (QED) is 0.901. The number of nitrogens with two attached hydrogens (primary N) is 1. The van der Waals surface area contributed by atoms with E-state index in [0.717, 1.165) is 37.2 Å². The van der Waals surface area contributed by atoms with Gasteiger partial charge in [-0.15, -0.1) is 0 Å². The van der Waals surface area contributed by atoms with Crippen LogP contribution in [0.5, 0.6) is 0 Å². The molecule has 0 radical (unpaired) electrons. The number of fused-ring (bicyclic) bond motifs is 1. The first kappa shape index (κ1) is 13.9. The summed E-state index contributed by atoms with van der Waals surface area (Å²) >= 11 is 0. The van der Waals surface area contributed by atoms with Crippen LogP contribution in [0.1, 0.15) is 26.2 Å². The number of hydrogen-bond donors (Lipinski definition) is 1. The number of hydrogen-bond acceptors (Lipinski definition) is 3. The summed E-state index contributed by atoms with van der Waals surface area (Å²) in [6, 6.07) is 7.63. The zero-order chi connectivity index (χ0) is 13.8. The maximum absolute atomic E-state index is 12.5. The van der Waals surface area contributed by atoms with E-state index >= 15 is 0 Å². The van der Waals surface area contributed by atoms with Crippen molar-refractivity contribution in [2.75, 3.05) is 29.9 Å². The number of anilines is 2. The first-order valence-corrected chi connectivity index (χ1v) is 7.02. The average Bonchev–Trinajstić information content (AvgIpc) is 2.45. The van der Waals surface area contributed by atoms with Crippen molar-refractivity contribution in [3.63, 3.8) is 0 Å². The molecule has 1 unspecified atom stereocenters. The third kappa shape index (κ3) is 2.89. The summed E-state index contributed by atoms with van der Waals surface area (Å²) in [5.74, 6) is 0.0500. The van der Waals surface area contributed by atoms with Gasteiger partial charge in [0.2, 0.25) is 5.91 Å². The van der Waals surface area contributed by atoms with E-state index in [1.807, 2.05) is 29.2 Å². The molecular weight excluding hydrogens is 238 g/mol. The fraction of sp³-hybridized carbons (Fsp3) is 0.533. The highest BCUT2D eigenvalue weighted by atomic mass is 16.2. The van der Waals surface area contributed by atoms with Gasteiger partial charge in [-0.3, -0.25) is 4.79 Å². The van der Waals surface area contributed by atoms with Crippen LogP contribution in [-0.4, -0.2) is 32.1 Å². The molecule has 19 heavy (non-hydrogen) atoms. The molecule has 1 amide bonds. The first-order chi connectivity index (χ1) is 9.15. The lowest BCUT2D eigenvalue weighted by atomic mass is 10.1. The molecule has 0 saturated heterocycles. The molecule has 1 aromatic rings. The molecule has 0 spiro atoms. The Morgan fingerprint density at radius 2 is 2.00 bits per heavy atom. The Balaban J connectivity index is 2.18. The molecular formula is C15H23N3O. The molecule has 1 heterocycles. The van der Waals surface area contributed by atoms with E-state index in [0.29, 0.717) is 6.54 Å². The minimum absolute atomic E-state index is 0.0500. The van der Waals surface area contributed by atoms with Crippen LogP contribution in [0.4, 0.5) is 11.4 Å². The lowest BCUT2D eigenvalue weighted by molar-refractivity contribution is -0.120. The Hall–Kier alpha value is -1.55. The topological polar surface area (TPSA) is 49.6 Å². The number of likely N-dealkylation sites (N-methyl/N-ethyl adjacent to an activating group) is 1. The number of amides is 1. The van der Waals surface area contributed by atoms with Crippen molar-refractivity contribution in [1.29, 1.82) is 0 Å². The highest BCUT2D eigenvalue weighted by Gasteiger charge is 2.27.